The van der Waals surface area contributed by atoms with Crippen molar-refractivity contribution < 1.29 is 14.3 Å². The Morgan fingerprint density at radius 3 is 3.07 bits per heavy atom. The van der Waals surface area contributed by atoms with Gasteiger partial charge >= 0.3 is 0 Å². The second kappa shape index (κ2) is 3.16. The average Bonchev–Trinajstić information content (AvgIpc) is 2.19. The molecule has 1 saturated heterocycles. The molecule has 0 spiro atoms. The summed E-state index contributed by atoms with van der Waals surface area (Å²) in [5, 5.41) is 2.69. The zero-order valence-electron chi connectivity index (χ0n) is 7.61. The molecule has 1 fully saturated rings. The Bertz CT molecular complexity index is 388. The molecule has 1 aliphatic carbocycles. The van der Waals surface area contributed by atoms with Gasteiger partial charge in [-0.3, -0.25) is 4.79 Å². The van der Waals surface area contributed by atoms with Crippen LogP contribution in [0.2, 0.25) is 0 Å². The second-order valence-corrected chi connectivity index (χ2v) is 3.19. The van der Waals surface area contributed by atoms with Crippen LogP contribution in [0.5, 0.6) is 0 Å². The van der Waals surface area contributed by atoms with E-state index < -0.39 is 12.1 Å². The maximum Gasteiger partial charge on any atom is 0.261 e. The lowest BCUT2D eigenvalue weighted by atomic mass is 9.99. The zero-order chi connectivity index (χ0) is 10.1. The Hall–Kier alpha value is -1.80. The molecule has 0 aromatic rings. The fourth-order valence-corrected chi connectivity index (χ4v) is 1.46. The summed E-state index contributed by atoms with van der Waals surface area (Å²) in [6, 6.07) is -0.457. The molecule has 2 unspecified atom stereocenters. The third-order valence-electron chi connectivity index (χ3n) is 2.22. The lowest BCUT2D eigenvalue weighted by Crippen LogP contribution is -2.49. The van der Waals surface area contributed by atoms with Crippen LogP contribution < -0.4 is 5.32 Å². The van der Waals surface area contributed by atoms with E-state index in [1.165, 1.54) is 0 Å². The first-order chi connectivity index (χ1) is 6.72. The van der Waals surface area contributed by atoms with Crippen LogP contribution in [0.4, 0.5) is 0 Å². The first-order valence-corrected chi connectivity index (χ1v) is 4.32. The Morgan fingerprint density at radius 1 is 1.57 bits per heavy atom. The minimum atomic E-state index is -0.503. The van der Waals surface area contributed by atoms with Gasteiger partial charge < -0.3 is 10.1 Å². The summed E-state index contributed by atoms with van der Waals surface area (Å²) in [6.07, 6.45) is 4.55. The highest BCUT2D eigenvalue weighted by molar-refractivity contribution is 5.84. The molecule has 1 N–H and O–H groups in total. The molecule has 2 aliphatic rings. The van der Waals surface area contributed by atoms with Gasteiger partial charge in [-0.2, -0.15) is 0 Å². The normalized spacial score (nSPS) is 29.6. The van der Waals surface area contributed by atoms with Gasteiger partial charge in [0.2, 0.25) is 0 Å². The Morgan fingerprint density at radius 2 is 2.36 bits per heavy atom. The number of carbonyl (C=O) groups is 1. The number of hydrogen-bond donors (Lipinski definition) is 1. The largest absolute Gasteiger partial charge is 0.483 e. The number of allylic oxidation sites excluding steroid dienone is 2. The summed E-state index contributed by atoms with van der Waals surface area (Å²) in [6.45, 7) is 1.66. The van der Waals surface area contributed by atoms with Crippen molar-refractivity contribution in [1.29, 1.82) is 0 Å². The summed E-state index contributed by atoms with van der Waals surface area (Å²) >= 11 is 0. The Kier molecular flexibility index (Phi) is 1.98. The van der Waals surface area contributed by atoms with Crippen LogP contribution in [-0.2, 0) is 14.3 Å². The van der Waals surface area contributed by atoms with E-state index >= 15 is 0 Å². The molecule has 1 heterocycles. The molecule has 2 atom stereocenters. The summed E-state index contributed by atoms with van der Waals surface area (Å²) in [4.78, 5) is 21.8. The number of fused-ring (bicyclic) bond motifs is 1. The molecule has 0 aromatic heterocycles. The molecule has 0 bridgehead atoms. The van der Waals surface area contributed by atoms with E-state index in [-0.39, 0.29) is 5.91 Å². The molecule has 14 heavy (non-hydrogen) atoms. The van der Waals surface area contributed by atoms with Crippen molar-refractivity contribution in [2.75, 3.05) is 0 Å². The van der Waals surface area contributed by atoms with Gasteiger partial charge in [0.05, 0.1) is 5.57 Å². The lowest BCUT2D eigenvalue weighted by molar-refractivity contribution is -0.133. The molecular formula is C10H9NO3. The van der Waals surface area contributed by atoms with Gasteiger partial charge in [-0.25, -0.2) is 4.79 Å². The van der Waals surface area contributed by atoms with Gasteiger partial charge in [0.15, 0.2) is 6.10 Å². The van der Waals surface area contributed by atoms with E-state index in [1.807, 2.05) is 0 Å². The van der Waals surface area contributed by atoms with E-state index in [4.69, 9.17) is 4.74 Å². The topological polar surface area (TPSA) is 55.4 Å². The van der Waals surface area contributed by atoms with E-state index in [1.54, 1.807) is 31.1 Å². The van der Waals surface area contributed by atoms with Crippen molar-refractivity contribution in [3.05, 3.63) is 29.6 Å². The van der Waals surface area contributed by atoms with Crippen LogP contribution in [0, 0.1) is 0 Å². The summed E-state index contributed by atoms with van der Waals surface area (Å²) in [5.41, 5.74) is 0.391. The van der Waals surface area contributed by atoms with Gasteiger partial charge in [-0.15, -0.1) is 0 Å². The van der Waals surface area contributed by atoms with Gasteiger partial charge in [-0.05, 0) is 19.1 Å². The Balaban J connectivity index is 2.34. The van der Waals surface area contributed by atoms with Gasteiger partial charge in [0, 0.05) is 0 Å². The third kappa shape index (κ3) is 1.26. The number of nitrogens with one attached hydrogen (secondary N) is 1. The Labute approximate surface area is 80.9 Å². The molecule has 0 radical (unpaired) electrons. The highest BCUT2D eigenvalue weighted by Gasteiger charge is 2.33. The minimum absolute atomic E-state index is 0.213. The quantitative estimate of drug-likeness (QED) is 0.552. The molecule has 0 saturated carbocycles. The second-order valence-electron chi connectivity index (χ2n) is 3.19. The van der Waals surface area contributed by atoms with E-state index in [0.29, 0.717) is 11.3 Å². The van der Waals surface area contributed by atoms with Crippen molar-refractivity contribution in [3.8, 4) is 0 Å². The van der Waals surface area contributed by atoms with Crippen molar-refractivity contribution in [1.82, 2.24) is 5.32 Å². The minimum Gasteiger partial charge on any atom is -0.483 e. The van der Waals surface area contributed by atoms with Gasteiger partial charge in [0.25, 0.3) is 5.91 Å². The predicted molar refractivity (Wildman–Crippen MR) is 48.9 cm³/mol. The molecule has 1 aliphatic heterocycles. The molecule has 4 heteroatoms. The summed E-state index contributed by atoms with van der Waals surface area (Å²) in [7, 11) is 0. The van der Waals surface area contributed by atoms with Crippen LogP contribution in [0.1, 0.15) is 6.92 Å². The van der Waals surface area contributed by atoms with E-state index in [2.05, 4.69) is 5.32 Å². The van der Waals surface area contributed by atoms with E-state index in [9.17, 15) is 9.59 Å². The molecule has 1 amide bonds. The standard InChI is InChI=1S/C10H9NO3/c1-6-10(13)11-9-7(5-12)3-2-4-8(9)14-6/h2-4,6,9H,1H3,(H,11,13). The smallest absolute Gasteiger partial charge is 0.261 e. The maximum absolute atomic E-state index is 11.3. The van der Waals surface area contributed by atoms with Crippen LogP contribution in [0.25, 0.3) is 0 Å². The van der Waals surface area contributed by atoms with Crippen molar-refractivity contribution in [3.63, 3.8) is 0 Å². The highest BCUT2D eigenvalue weighted by Crippen LogP contribution is 2.23. The number of carbonyl (C=O) groups excluding carboxylic acids is 2. The number of ether oxygens (including phenoxy) is 1. The molecule has 2 rings (SSSR count). The summed E-state index contributed by atoms with van der Waals surface area (Å²) in [5.74, 6) is 2.17. The predicted octanol–water partition coefficient (Wildman–Crippen LogP) is 0.102. The van der Waals surface area contributed by atoms with Crippen LogP contribution >= 0.6 is 0 Å². The van der Waals surface area contributed by atoms with Crippen LogP contribution in [0.15, 0.2) is 29.6 Å². The van der Waals surface area contributed by atoms with Crippen LogP contribution in [0.3, 0.4) is 0 Å². The van der Waals surface area contributed by atoms with Crippen molar-refractivity contribution >= 4 is 11.8 Å². The maximum atomic E-state index is 11.3. The first-order valence-electron chi connectivity index (χ1n) is 4.32. The fourth-order valence-electron chi connectivity index (χ4n) is 1.46. The van der Waals surface area contributed by atoms with Crippen molar-refractivity contribution in [2.24, 2.45) is 0 Å². The fraction of sp³-hybridized carbons (Fsp3) is 0.300. The number of amides is 1. The van der Waals surface area contributed by atoms with E-state index in [0.717, 1.165) is 0 Å². The lowest BCUT2D eigenvalue weighted by Gasteiger charge is -2.31. The van der Waals surface area contributed by atoms with Crippen LogP contribution in [-0.4, -0.2) is 24.0 Å². The number of morpholine rings is 1. The third-order valence-corrected chi connectivity index (χ3v) is 2.22. The van der Waals surface area contributed by atoms with Crippen molar-refractivity contribution in [2.45, 2.75) is 19.1 Å². The first kappa shape index (κ1) is 8.78. The average molecular weight is 191 g/mol. The van der Waals surface area contributed by atoms with Gasteiger partial charge in [0.1, 0.15) is 17.7 Å². The van der Waals surface area contributed by atoms with Gasteiger partial charge in [-0.1, -0.05) is 6.08 Å². The number of rotatable bonds is 0. The number of hydrogen-bond acceptors (Lipinski definition) is 3. The summed E-state index contributed by atoms with van der Waals surface area (Å²) < 4.78 is 5.33. The highest BCUT2D eigenvalue weighted by atomic mass is 16.5. The SMILES string of the molecule is CC1OC2=CC=CC(=C=O)C2NC1=O. The molecule has 72 valence electrons. The molecular weight excluding hydrogens is 182 g/mol. The zero-order valence-corrected chi connectivity index (χ0v) is 7.61. The molecule has 4 nitrogen and oxygen atoms in total. The monoisotopic (exact) mass is 191 g/mol. The molecule has 0 aromatic carbocycles.